The summed E-state index contributed by atoms with van der Waals surface area (Å²) < 4.78 is 24.5. The highest BCUT2D eigenvalue weighted by Crippen LogP contribution is 2.33. The minimum atomic E-state index is -4.70. The average molecular weight is 300 g/mol. The Morgan fingerprint density at radius 1 is 1.45 bits per heavy atom. The SMILES string of the molecule is Cc1ccc(NC(=O)c2cnn(P(=O)(O)O)n2)c(F)c1. The Bertz CT molecular complexity index is 711. The van der Waals surface area contributed by atoms with Crippen LogP contribution < -0.4 is 5.32 Å². The Labute approximate surface area is 112 Å². The quantitative estimate of drug-likeness (QED) is 0.725. The highest BCUT2D eigenvalue weighted by molar-refractivity contribution is 7.49. The summed E-state index contributed by atoms with van der Waals surface area (Å²) in [6.45, 7) is 1.69. The van der Waals surface area contributed by atoms with Gasteiger partial charge in [0.1, 0.15) is 5.82 Å². The first-order valence-corrected chi connectivity index (χ1v) is 6.90. The molecule has 0 unspecified atom stereocenters. The van der Waals surface area contributed by atoms with E-state index in [0.717, 1.165) is 6.20 Å². The van der Waals surface area contributed by atoms with Gasteiger partial charge < -0.3 is 15.1 Å². The Hall–Kier alpha value is -2.09. The van der Waals surface area contributed by atoms with Crippen molar-refractivity contribution in [1.82, 2.24) is 14.8 Å². The molecule has 0 saturated heterocycles. The van der Waals surface area contributed by atoms with E-state index in [9.17, 15) is 13.8 Å². The second-order valence-corrected chi connectivity index (χ2v) is 5.33. The van der Waals surface area contributed by atoms with Crippen LogP contribution in [0.25, 0.3) is 0 Å². The summed E-state index contributed by atoms with van der Waals surface area (Å²) in [6.07, 6.45) is 0.876. The Kier molecular flexibility index (Phi) is 3.67. The van der Waals surface area contributed by atoms with Crippen molar-refractivity contribution in [3.8, 4) is 0 Å². The average Bonchev–Trinajstić information content (AvgIpc) is 2.82. The maximum absolute atomic E-state index is 13.5. The second-order valence-electron chi connectivity index (χ2n) is 3.95. The summed E-state index contributed by atoms with van der Waals surface area (Å²) in [7, 11) is -4.70. The molecular formula is C10H10FN4O4P. The molecule has 1 aromatic heterocycles. The molecule has 0 bridgehead atoms. The first kappa shape index (κ1) is 14.3. The number of nitrogens with one attached hydrogen (secondary N) is 1. The fourth-order valence-electron chi connectivity index (χ4n) is 1.39. The Balaban J connectivity index is 2.20. The zero-order valence-electron chi connectivity index (χ0n) is 10.2. The molecule has 0 atom stereocenters. The Morgan fingerprint density at radius 3 is 2.70 bits per heavy atom. The lowest BCUT2D eigenvalue weighted by atomic mass is 10.2. The normalized spacial score (nSPS) is 11.4. The predicted octanol–water partition coefficient (Wildman–Crippen LogP) is 0.919. The summed E-state index contributed by atoms with van der Waals surface area (Å²) in [5.41, 5.74) is 0.285. The van der Waals surface area contributed by atoms with Gasteiger partial charge in [0.15, 0.2) is 5.69 Å². The van der Waals surface area contributed by atoms with Crippen LogP contribution in [0.3, 0.4) is 0 Å². The van der Waals surface area contributed by atoms with Gasteiger partial charge in [0.05, 0.1) is 11.9 Å². The number of hydrogen-bond donors (Lipinski definition) is 3. The maximum atomic E-state index is 13.5. The van der Waals surface area contributed by atoms with Crippen LogP contribution in [0.1, 0.15) is 16.1 Å². The van der Waals surface area contributed by atoms with Crippen LogP contribution in [-0.4, -0.2) is 30.5 Å². The molecule has 8 nitrogen and oxygen atoms in total. The summed E-state index contributed by atoms with van der Waals surface area (Å²) >= 11 is 0. The van der Waals surface area contributed by atoms with Gasteiger partial charge >= 0.3 is 7.75 Å². The molecule has 2 aromatic rings. The minimum absolute atomic E-state index is 0.0636. The molecule has 10 heteroatoms. The van der Waals surface area contributed by atoms with Gasteiger partial charge in [-0.05, 0) is 24.6 Å². The van der Waals surface area contributed by atoms with E-state index in [-0.39, 0.29) is 15.9 Å². The van der Waals surface area contributed by atoms with Crippen LogP contribution in [0.15, 0.2) is 24.4 Å². The fourth-order valence-corrected chi connectivity index (χ4v) is 1.79. The molecule has 3 N–H and O–H groups in total. The maximum Gasteiger partial charge on any atom is 0.466 e. The number of benzene rings is 1. The number of carbonyl (C=O) groups is 1. The van der Waals surface area contributed by atoms with Gasteiger partial charge in [0.2, 0.25) is 0 Å². The van der Waals surface area contributed by atoms with Crippen molar-refractivity contribution < 1.29 is 23.5 Å². The molecule has 0 saturated carbocycles. The monoisotopic (exact) mass is 300 g/mol. The summed E-state index contributed by atoms with van der Waals surface area (Å²) in [4.78, 5) is 29.4. The Morgan fingerprint density at radius 2 is 2.15 bits per heavy atom. The molecule has 106 valence electrons. The number of halogens is 1. The van der Waals surface area contributed by atoms with Crippen LogP contribution in [0.2, 0.25) is 0 Å². The minimum Gasteiger partial charge on any atom is -0.318 e. The van der Waals surface area contributed by atoms with E-state index in [1.165, 1.54) is 12.1 Å². The van der Waals surface area contributed by atoms with Crippen LogP contribution >= 0.6 is 7.75 Å². The first-order chi connectivity index (χ1) is 9.27. The molecule has 20 heavy (non-hydrogen) atoms. The molecule has 0 aliphatic carbocycles. The number of carbonyl (C=O) groups excluding carboxylic acids is 1. The molecule has 0 radical (unpaired) electrons. The number of aromatic nitrogens is 3. The van der Waals surface area contributed by atoms with E-state index in [1.807, 2.05) is 0 Å². The molecule has 0 fully saturated rings. The first-order valence-electron chi connectivity index (χ1n) is 5.33. The van der Waals surface area contributed by atoms with Crippen molar-refractivity contribution in [3.63, 3.8) is 0 Å². The van der Waals surface area contributed by atoms with Gasteiger partial charge in [-0.15, -0.1) is 5.10 Å². The van der Waals surface area contributed by atoms with Crippen LogP contribution in [0.4, 0.5) is 10.1 Å². The third kappa shape index (κ3) is 3.08. The molecule has 0 aliphatic heterocycles. The topological polar surface area (TPSA) is 117 Å². The van der Waals surface area contributed by atoms with Crippen molar-refractivity contribution >= 4 is 19.3 Å². The zero-order valence-corrected chi connectivity index (χ0v) is 11.1. The van der Waals surface area contributed by atoms with Gasteiger partial charge in [0.25, 0.3) is 5.91 Å². The van der Waals surface area contributed by atoms with Crippen molar-refractivity contribution in [2.24, 2.45) is 0 Å². The van der Waals surface area contributed by atoms with Gasteiger partial charge in [-0.2, -0.15) is 5.10 Å². The van der Waals surface area contributed by atoms with Crippen molar-refractivity contribution in [2.45, 2.75) is 6.92 Å². The van der Waals surface area contributed by atoms with Crippen LogP contribution in [0.5, 0.6) is 0 Å². The van der Waals surface area contributed by atoms with Crippen molar-refractivity contribution in [3.05, 3.63) is 41.5 Å². The number of rotatable bonds is 3. The fraction of sp³-hybridized carbons (Fsp3) is 0.100. The lowest BCUT2D eigenvalue weighted by Crippen LogP contribution is -2.14. The van der Waals surface area contributed by atoms with Crippen LogP contribution in [0, 0.1) is 12.7 Å². The molecule has 2 rings (SSSR count). The van der Waals surface area contributed by atoms with E-state index in [1.54, 1.807) is 13.0 Å². The largest absolute Gasteiger partial charge is 0.466 e. The van der Waals surface area contributed by atoms with Crippen molar-refractivity contribution in [2.75, 3.05) is 5.32 Å². The molecule has 0 aliphatic rings. The summed E-state index contributed by atoms with van der Waals surface area (Å²) in [5.74, 6) is -1.45. The van der Waals surface area contributed by atoms with E-state index >= 15 is 0 Å². The van der Waals surface area contributed by atoms with Crippen LogP contribution in [-0.2, 0) is 4.57 Å². The number of amides is 1. The van der Waals surface area contributed by atoms with E-state index in [0.29, 0.717) is 5.56 Å². The molecular weight excluding hydrogens is 290 g/mol. The van der Waals surface area contributed by atoms with E-state index < -0.39 is 19.5 Å². The van der Waals surface area contributed by atoms with Crippen molar-refractivity contribution in [1.29, 1.82) is 0 Å². The van der Waals surface area contributed by atoms with Gasteiger partial charge in [-0.25, -0.2) is 8.96 Å². The lowest BCUT2D eigenvalue weighted by molar-refractivity contribution is 0.102. The molecule has 0 spiro atoms. The zero-order chi connectivity index (χ0) is 14.9. The van der Waals surface area contributed by atoms with Gasteiger partial charge in [0, 0.05) is 0 Å². The number of aryl methyl sites for hydroxylation is 1. The van der Waals surface area contributed by atoms with E-state index in [2.05, 4.69) is 15.5 Å². The smallest absolute Gasteiger partial charge is 0.318 e. The van der Waals surface area contributed by atoms with Gasteiger partial charge in [-0.1, -0.05) is 10.6 Å². The lowest BCUT2D eigenvalue weighted by Gasteiger charge is -2.05. The molecule has 1 aromatic carbocycles. The molecule has 1 amide bonds. The highest BCUT2D eigenvalue weighted by Gasteiger charge is 2.22. The van der Waals surface area contributed by atoms with Gasteiger partial charge in [-0.3, -0.25) is 4.79 Å². The summed E-state index contributed by atoms with van der Waals surface area (Å²) in [6, 6.07) is 4.21. The predicted molar refractivity (Wildman–Crippen MR) is 66.6 cm³/mol. The number of hydrogen-bond acceptors (Lipinski definition) is 4. The third-order valence-corrected chi connectivity index (χ3v) is 2.98. The second kappa shape index (κ2) is 5.12. The number of anilines is 1. The summed E-state index contributed by atoms with van der Waals surface area (Å²) in [5, 5.41) is 8.84. The molecule has 1 heterocycles. The highest BCUT2D eigenvalue weighted by atomic mass is 31.2. The van der Waals surface area contributed by atoms with E-state index in [4.69, 9.17) is 9.79 Å². The standard InChI is InChI=1S/C10H10FN4O4P/c1-6-2-3-8(7(11)4-6)13-10(16)9-5-12-15(14-9)20(17,18)19/h2-5H,1H3,(H,13,16)(H2,17,18,19). The third-order valence-electron chi connectivity index (χ3n) is 2.32. The number of nitrogens with zero attached hydrogens (tertiary/aromatic N) is 3.